The van der Waals surface area contributed by atoms with Crippen LogP contribution < -0.4 is 10.5 Å². The molecule has 0 amide bonds. The van der Waals surface area contributed by atoms with Crippen molar-refractivity contribution in [1.82, 2.24) is 0 Å². The first-order valence-electron chi connectivity index (χ1n) is 5.12. The first-order chi connectivity index (χ1) is 7.76. The van der Waals surface area contributed by atoms with Gasteiger partial charge in [-0.15, -0.1) is 0 Å². The number of rotatable bonds is 6. The van der Waals surface area contributed by atoms with Gasteiger partial charge in [0.1, 0.15) is 18.4 Å². The Morgan fingerprint density at radius 3 is 2.62 bits per heavy atom. The van der Waals surface area contributed by atoms with Gasteiger partial charge in [-0.2, -0.15) is 5.26 Å². The molecule has 4 nitrogen and oxygen atoms in total. The molecule has 86 valence electrons. The molecule has 1 aromatic carbocycles. The van der Waals surface area contributed by atoms with E-state index in [-0.39, 0.29) is 6.61 Å². The highest BCUT2D eigenvalue weighted by molar-refractivity contribution is 5.27. The van der Waals surface area contributed by atoms with Crippen molar-refractivity contribution in [3.8, 4) is 11.8 Å². The lowest BCUT2D eigenvalue weighted by molar-refractivity contribution is 0.202. The number of ether oxygens (including phenoxy) is 2. The van der Waals surface area contributed by atoms with E-state index >= 15 is 0 Å². The molecule has 0 aliphatic heterocycles. The van der Waals surface area contributed by atoms with Gasteiger partial charge in [0.05, 0.1) is 12.7 Å². The number of hydrogen-bond acceptors (Lipinski definition) is 4. The van der Waals surface area contributed by atoms with Crippen molar-refractivity contribution in [1.29, 1.82) is 5.26 Å². The van der Waals surface area contributed by atoms with Gasteiger partial charge in [0.2, 0.25) is 0 Å². The molecule has 1 aromatic rings. The smallest absolute Gasteiger partial charge is 0.127 e. The summed E-state index contributed by atoms with van der Waals surface area (Å²) >= 11 is 0. The Bertz CT molecular complexity index is 343. The zero-order valence-corrected chi connectivity index (χ0v) is 9.35. The largest absolute Gasteiger partial charge is 0.491 e. The summed E-state index contributed by atoms with van der Waals surface area (Å²) in [5.74, 6) is 0.729. The summed E-state index contributed by atoms with van der Waals surface area (Å²) in [5.41, 5.74) is 6.61. The Morgan fingerprint density at radius 2 is 2.06 bits per heavy atom. The molecular formula is C12H16N2O2. The molecule has 0 bridgehead atoms. The quantitative estimate of drug-likeness (QED) is 0.779. The maximum Gasteiger partial charge on any atom is 0.127 e. The van der Waals surface area contributed by atoms with Gasteiger partial charge in [0.25, 0.3) is 0 Å². The number of nitrogens with two attached hydrogens (primary N) is 1. The lowest BCUT2D eigenvalue weighted by Gasteiger charge is -2.07. The summed E-state index contributed by atoms with van der Waals surface area (Å²) in [6, 6.07) is 9.03. The average Bonchev–Trinajstić information content (AvgIpc) is 2.34. The van der Waals surface area contributed by atoms with E-state index in [1.807, 2.05) is 30.3 Å². The molecule has 1 unspecified atom stereocenters. The monoisotopic (exact) mass is 220 g/mol. The van der Waals surface area contributed by atoms with Gasteiger partial charge < -0.3 is 15.2 Å². The third-order valence-corrected chi connectivity index (χ3v) is 2.11. The third-order valence-electron chi connectivity index (χ3n) is 2.11. The van der Waals surface area contributed by atoms with Crippen LogP contribution in [0.15, 0.2) is 24.3 Å². The second kappa shape index (κ2) is 6.83. The summed E-state index contributed by atoms with van der Waals surface area (Å²) in [6.45, 7) is 0.924. The minimum Gasteiger partial charge on any atom is -0.491 e. The minimum atomic E-state index is -0.576. The van der Waals surface area contributed by atoms with Crippen LogP contribution in [0.2, 0.25) is 0 Å². The van der Waals surface area contributed by atoms with Crippen molar-refractivity contribution in [2.75, 3.05) is 20.3 Å². The average molecular weight is 220 g/mol. The fourth-order valence-corrected chi connectivity index (χ4v) is 1.20. The number of nitriles is 1. The van der Waals surface area contributed by atoms with Crippen molar-refractivity contribution in [3.63, 3.8) is 0 Å². The second-order valence-corrected chi connectivity index (χ2v) is 3.43. The third kappa shape index (κ3) is 4.30. The zero-order chi connectivity index (χ0) is 11.8. The highest BCUT2D eigenvalue weighted by atomic mass is 16.5. The maximum atomic E-state index is 8.49. The summed E-state index contributed by atoms with van der Waals surface area (Å²) in [7, 11) is 1.68. The van der Waals surface area contributed by atoms with E-state index in [1.165, 1.54) is 5.56 Å². The number of hydrogen-bond donors (Lipinski definition) is 1. The summed E-state index contributed by atoms with van der Waals surface area (Å²) in [5, 5.41) is 8.49. The van der Waals surface area contributed by atoms with E-state index in [0.717, 1.165) is 12.2 Å². The topological polar surface area (TPSA) is 68.3 Å². The Hall–Kier alpha value is -1.57. The van der Waals surface area contributed by atoms with Crippen LogP contribution in [0, 0.1) is 11.3 Å². The van der Waals surface area contributed by atoms with Gasteiger partial charge >= 0.3 is 0 Å². The van der Waals surface area contributed by atoms with Crippen LogP contribution in [0.25, 0.3) is 0 Å². The van der Waals surface area contributed by atoms with E-state index < -0.39 is 6.04 Å². The maximum absolute atomic E-state index is 8.49. The molecule has 4 heteroatoms. The van der Waals surface area contributed by atoms with Crippen LogP contribution in [-0.4, -0.2) is 26.4 Å². The van der Waals surface area contributed by atoms with Gasteiger partial charge in [-0.3, -0.25) is 0 Å². The lowest BCUT2D eigenvalue weighted by Crippen LogP contribution is -2.25. The highest BCUT2D eigenvalue weighted by Gasteiger charge is 2.01. The molecule has 0 aliphatic carbocycles. The second-order valence-electron chi connectivity index (χ2n) is 3.43. The Kier molecular flexibility index (Phi) is 5.34. The van der Waals surface area contributed by atoms with E-state index in [4.69, 9.17) is 20.5 Å². The molecular weight excluding hydrogens is 204 g/mol. The first kappa shape index (κ1) is 12.5. The van der Waals surface area contributed by atoms with Crippen LogP contribution >= 0.6 is 0 Å². The van der Waals surface area contributed by atoms with Gasteiger partial charge in [0, 0.05) is 7.11 Å². The molecule has 16 heavy (non-hydrogen) atoms. The summed E-state index contributed by atoms with van der Waals surface area (Å²) in [4.78, 5) is 0. The molecule has 1 rings (SSSR count). The van der Waals surface area contributed by atoms with Gasteiger partial charge in [0.15, 0.2) is 0 Å². The van der Waals surface area contributed by atoms with Crippen molar-refractivity contribution < 1.29 is 9.47 Å². The molecule has 0 saturated carbocycles. The predicted molar refractivity (Wildman–Crippen MR) is 61.1 cm³/mol. The van der Waals surface area contributed by atoms with E-state index in [9.17, 15) is 0 Å². The first-order valence-corrected chi connectivity index (χ1v) is 5.12. The summed E-state index contributed by atoms with van der Waals surface area (Å²) in [6.07, 6.45) is 0.883. The molecule has 0 saturated heterocycles. The highest BCUT2D eigenvalue weighted by Crippen LogP contribution is 2.12. The van der Waals surface area contributed by atoms with E-state index in [0.29, 0.717) is 6.61 Å². The Morgan fingerprint density at radius 1 is 1.38 bits per heavy atom. The number of nitrogens with zero attached hydrogens (tertiary/aromatic N) is 1. The Balaban J connectivity index is 2.42. The van der Waals surface area contributed by atoms with Gasteiger partial charge in [-0.25, -0.2) is 0 Å². The van der Waals surface area contributed by atoms with Crippen molar-refractivity contribution in [2.24, 2.45) is 5.73 Å². The molecule has 0 radical (unpaired) electrons. The normalized spacial score (nSPS) is 11.8. The summed E-state index contributed by atoms with van der Waals surface area (Å²) < 4.78 is 10.3. The minimum absolute atomic E-state index is 0.216. The molecule has 0 fully saturated rings. The molecule has 1 atom stereocenters. The van der Waals surface area contributed by atoms with E-state index in [2.05, 4.69) is 0 Å². The fourth-order valence-electron chi connectivity index (χ4n) is 1.20. The van der Waals surface area contributed by atoms with Crippen LogP contribution in [0.4, 0.5) is 0 Å². The standard InChI is InChI=1S/C12H16N2O2/c1-15-7-6-10-2-4-12(5-3-10)16-9-11(14)8-13/h2-5,11H,6-7,9,14H2,1H3. The van der Waals surface area contributed by atoms with Gasteiger partial charge in [-0.1, -0.05) is 12.1 Å². The predicted octanol–water partition coefficient (Wildman–Crippen LogP) is 1.11. The van der Waals surface area contributed by atoms with Crippen LogP contribution in [0.5, 0.6) is 5.75 Å². The van der Waals surface area contributed by atoms with Crippen LogP contribution in [0.3, 0.4) is 0 Å². The molecule has 0 spiro atoms. The van der Waals surface area contributed by atoms with Crippen molar-refractivity contribution in [2.45, 2.75) is 12.5 Å². The SMILES string of the molecule is COCCc1ccc(OCC(N)C#N)cc1. The molecule has 0 aromatic heterocycles. The Labute approximate surface area is 95.6 Å². The van der Waals surface area contributed by atoms with Crippen molar-refractivity contribution >= 4 is 0 Å². The molecule has 0 heterocycles. The van der Waals surface area contributed by atoms with Gasteiger partial charge in [-0.05, 0) is 24.1 Å². The van der Waals surface area contributed by atoms with Crippen LogP contribution in [0.1, 0.15) is 5.56 Å². The number of benzene rings is 1. The van der Waals surface area contributed by atoms with Crippen LogP contribution in [-0.2, 0) is 11.2 Å². The van der Waals surface area contributed by atoms with E-state index in [1.54, 1.807) is 7.11 Å². The number of methoxy groups -OCH3 is 1. The lowest BCUT2D eigenvalue weighted by atomic mass is 10.1. The fraction of sp³-hybridized carbons (Fsp3) is 0.417. The molecule has 0 aliphatic rings. The molecule has 2 N–H and O–H groups in total. The zero-order valence-electron chi connectivity index (χ0n) is 9.35. The van der Waals surface area contributed by atoms with Crippen molar-refractivity contribution in [3.05, 3.63) is 29.8 Å².